The van der Waals surface area contributed by atoms with Crippen molar-refractivity contribution in [1.82, 2.24) is 0 Å². The first-order chi connectivity index (χ1) is 7.08. The molecule has 3 nitrogen and oxygen atoms in total. The van der Waals surface area contributed by atoms with Crippen LogP contribution in [0.2, 0.25) is 0 Å². The summed E-state index contributed by atoms with van der Waals surface area (Å²) in [4.78, 5) is 11.2. The van der Waals surface area contributed by atoms with Gasteiger partial charge in [-0.2, -0.15) is 8.78 Å². The van der Waals surface area contributed by atoms with Crippen LogP contribution in [0.15, 0.2) is 16.6 Å². The molecule has 2 rings (SSSR count). The number of cyclic esters (lactones) is 1. The van der Waals surface area contributed by atoms with E-state index in [4.69, 9.17) is 4.74 Å². The number of alkyl halides is 2. The van der Waals surface area contributed by atoms with Crippen LogP contribution in [-0.2, 0) is 11.3 Å². The minimum atomic E-state index is -2.96. The predicted octanol–water partition coefficient (Wildman–Crippen LogP) is 2.72. The summed E-state index contributed by atoms with van der Waals surface area (Å²) >= 11 is 3.13. The van der Waals surface area contributed by atoms with Crippen molar-refractivity contribution in [1.29, 1.82) is 0 Å². The molecule has 1 aliphatic heterocycles. The number of fused-ring (bicyclic) bond motifs is 1. The quantitative estimate of drug-likeness (QED) is 0.781. The average Bonchev–Trinajstić information content (AvgIpc) is 2.46. The molecule has 1 heterocycles. The Morgan fingerprint density at radius 1 is 1.47 bits per heavy atom. The lowest BCUT2D eigenvalue weighted by atomic mass is 10.1. The first-order valence-corrected chi connectivity index (χ1v) is 4.81. The van der Waals surface area contributed by atoms with Gasteiger partial charge in [0.2, 0.25) is 0 Å². The number of rotatable bonds is 2. The number of benzene rings is 1. The first-order valence-electron chi connectivity index (χ1n) is 4.02. The van der Waals surface area contributed by atoms with Crippen LogP contribution in [0.25, 0.3) is 0 Å². The predicted molar refractivity (Wildman–Crippen MR) is 49.9 cm³/mol. The normalized spacial score (nSPS) is 14.0. The van der Waals surface area contributed by atoms with Gasteiger partial charge in [-0.3, -0.25) is 0 Å². The highest BCUT2D eigenvalue weighted by Gasteiger charge is 2.27. The van der Waals surface area contributed by atoms with E-state index in [0.29, 0.717) is 10.0 Å². The minimum Gasteiger partial charge on any atom is -0.457 e. The lowest BCUT2D eigenvalue weighted by Crippen LogP contribution is -2.06. The Morgan fingerprint density at radius 2 is 2.20 bits per heavy atom. The van der Waals surface area contributed by atoms with Crippen molar-refractivity contribution < 1.29 is 23.0 Å². The van der Waals surface area contributed by atoms with Crippen LogP contribution in [0, 0.1) is 0 Å². The zero-order valence-corrected chi connectivity index (χ0v) is 8.88. The lowest BCUT2D eigenvalue weighted by molar-refractivity contribution is -0.0502. The van der Waals surface area contributed by atoms with Crippen molar-refractivity contribution in [2.45, 2.75) is 13.2 Å². The smallest absolute Gasteiger partial charge is 0.387 e. The van der Waals surface area contributed by atoms with E-state index in [9.17, 15) is 13.6 Å². The summed E-state index contributed by atoms with van der Waals surface area (Å²) in [5, 5.41) is 0. The van der Waals surface area contributed by atoms with Crippen molar-refractivity contribution in [3.8, 4) is 5.75 Å². The summed E-state index contributed by atoms with van der Waals surface area (Å²) in [6, 6.07) is 2.95. The summed E-state index contributed by atoms with van der Waals surface area (Å²) in [7, 11) is 0. The van der Waals surface area contributed by atoms with Crippen LogP contribution < -0.4 is 4.74 Å². The Kier molecular flexibility index (Phi) is 2.60. The van der Waals surface area contributed by atoms with E-state index in [2.05, 4.69) is 20.7 Å². The number of hydrogen-bond acceptors (Lipinski definition) is 3. The highest BCUT2D eigenvalue weighted by Crippen LogP contribution is 2.33. The molecule has 0 amide bonds. The molecule has 0 aliphatic carbocycles. The van der Waals surface area contributed by atoms with E-state index >= 15 is 0 Å². The first kappa shape index (κ1) is 10.4. The van der Waals surface area contributed by atoms with Crippen LogP contribution in [0.1, 0.15) is 15.9 Å². The fourth-order valence-corrected chi connectivity index (χ4v) is 1.87. The summed E-state index contributed by atoms with van der Waals surface area (Å²) < 4.78 is 33.6. The molecule has 0 unspecified atom stereocenters. The van der Waals surface area contributed by atoms with Gasteiger partial charge in [0.05, 0.1) is 0 Å². The Balaban J connectivity index is 2.49. The molecule has 0 fully saturated rings. The standard InChI is InChI=1S/C9H5BrF2O3/c10-5-1-4-3-14-8(13)7(4)6(2-5)15-9(11)12/h1-2,9H,3H2. The SMILES string of the molecule is O=C1OCc2cc(Br)cc(OC(F)F)c21. The van der Waals surface area contributed by atoms with Crippen LogP contribution >= 0.6 is 15.9 Å². The zero-order valence-electron chi connectivity index (χ0n) is 7.30. The Hall–Kier alpha value is -1.17. The van der Waals surface area contributed by atoms with E-state index < -0.39 is 12.6 Å². The Bertz CT molecular complexity index is 420. The largest absolute Gasteiger partial charge is 0.457 e. The molecular formula is C9H5BrF2O3. The highest BCUT2D eigenvalue weighted by atomic mass is 79.9. The van der Waals surface area contributed by atoms with Gasteiger partial charge in [-0.25, -0.2) is 4.79 Å². The minimum absolute atomic E-state index is 0.0819. The molecule has 15 heavy (non-hydrogen) atoms. The lowest BCUT2D eigenvalue weighted by Gasteiger charge is -2.07. The second-order valence-corrected chi connectivity index (χ2v) is 3.81. The molecule has 80 valence electrons. The second-order valence-electron chi connectivity index (χ2n) is 2.89. The molecule has 0 saturated heterocycles. The molecule has 0 spiro atoms. The third kappa shape index (κ3) is 1.94. The molecule has 1 aromatic carbocycles. The Labute approximate surface area is 92.1 Å². The van der Waals surface area contributed by atoms with Gasteiger partial charge < -0.3 is 9.47 Å². The van der Waals surface area contributed by atoms with Gasteiger partial charge in [-0.15, -0.1) is 0 Å². The maximum absolute atomic E-state index is 12.1. The van der Waals surface area contributed by atoms with Gasteiger partial charge in [0, 0.05) is 10.0 Å². The van der Waals surface area contributed by atoms with Gasteiger partial charge in [0.25, 0.3) is 0 Å². The van der Waals surface area contributed by atoms with Crippen LogP contribution in [-0.4, -0.2) is 12.6 Å². The fraction of sp³-hybridized carbons (Fsp3) is 0.222. The molecule has 0 N–H and O–H groups in total. The van der Waals surface area contributed by atoms with Crippen molar-refractivity contribution in [2.24, 2.45) is 0 Å². The topological polar surface area (TPSA) is 35.5 Å². The number of hydrogen-bond donors (Lipinski definition) is 0. The Morgan fingerprint density at radius 3 is 2.87 bits per heavy atom. The van der Waals surface area contributed by atoms with E-state index in [1.165, 1.54) is 6.07 Å². The van der Waals surface area contributed by atoms with Crippen molar-refractivity contribution in [3.63, 3.8) is 0 Å². The average molecular weight is 279 g/mol. The van der Waals surface area contributed by atoms with Crippen LogP contribution in [0.4, 0.5) is 8.78 Å². The van der Waals surface area contributed by atoms with Gasteiger partial charge >= 0.3 is 12.6 Å². The van der Waals surface area contributed by atoms with Crippen molar-refractivity contribution >= 4 is 21.9 Å². The summed E-state index contributed by atoms with van der Waals surface area (Å²) in [6.45, 7) is -2.87. The number of ether oxygens (including phenoxy) is 2. The highest BCUT2D eigenvalue weighted by molar-refractivity contribution is 9.10. The molecule has 0 radical (unpaired) electrons. The number of esters is 1. The maximum Gasteiger partial charge on any atom is 0.387 e. The molecule has 0 bridgehead atoms. The third-order valence-electron chi connectivity index (χ3n) is 1.93. The van der Waals surface area contributed by atoms with Gasteiger partial charge in [-0.1, -0.05) is 15.9 Å². The molecular weight excluding hydrogens is 274 g/mol. The summed E-state index contributed by atoms with van der Waals surface area (Å²) in [5.41, 5.74) is 0.628. The maximum atomic E-state index is 12.1. The van der Waals surface area contributed by atoms with Gasteiger partial charge in [-0.05, 0) is 12.1 Å². The van der Waals surface area contributed by atoms with Crippen molar-refractivity contribution in [2.75, 3.05) is 0 Å². The summed E-state index contributed by atoms with van der Waals surface area (Å²) in [5.74, 6) is -0.787. The van der Waals surface area contributed by atoms with Crippen LogP contribution in [0.3, 0.4) is 0 Å². The van der Waals surface area contributed by atoms with Crippen molar-refractivity contribution in [3.05, 3.63) is 27.7 Å². The fourth-order valence-electron chi connectivity index (χ4n) is 1.39. The van der Waals surface area contributed by atoms with E-state index in [-0.39, 0.29) is 17.9 Å². The number of halogens is 3. The van der Waals surface area contributed by atoms with E-state index in [1.807, 2.05) is 0 Å². The third-order valence-corrected chi connectivity index (χ3v) is 2.39. The summed E-state index contributed by atoms with van der Waals surface area (Å²) in [6.07, 6.45) is 0. The van der Waals surface area contributed by atoms with Crippen LogP contribution in [0.5, 0.6) is 5.75 Å². The number of carbonyl (C=O) groups is 1. The zero-order chi connectivity index (χ0) is 11.0. The second kappa shape index (κ2) is 3.77. The van der Waals surface area contributed by atoms with E-state index in [1.54, 1.807) is 6.07 Å². The van der Waals surface area contributed by atoms with Gasteiger partial charge in [0.1, 0.15) is 17.9 Å². The molecule has 0 aromatic heterocycles. The molecule has 1 aromatic rings. The molecule has 1 aliphatic rings. The van der Waals surface area contributed by atoms with E-state index in [0.717, 1.165) is 0 Å². The molecule has 0 atom stereocenters. The molecule has 0 saturated carbocycles. The number of carbonyl (C=O) groups excluding carboxylic acids is 1. The van der Waals surface area contributed by atoms with Gasteiger partial charge in [0.15, 0.2) is 0 Å². The monoisotopic (exact) mass is 278 g/mol. The molecule has 6 heteroatoms.